The van der Waals surface area contributed by atoms with Crippen molar-refractivity contribution in [2.45, 2.75) is 25.8 Å². The predicted molar refractivity (Wildman–Crippen MR) is 100 cm³/mol. The molecule has 2 aromatic rings. The number of rotatable bonds is 6. The lowest BCUT2D eigenvalue weighted by Crippen LogP contribution is -2.32. The molecular formula is C19H23BrN2O2. The van der Waals surface area contributed by atoms with Crippen LogP contribution in [0.3, 0.4) is 0 Å². The van der Waals surface area contributed by atoms with Crippen LogP contribution in [-0.2, 0) is 0 Å². The summed E-state index contributed by atoms with van der Waals surface area (Å²) < 4.78 is 5.88. The number of benzene rings is 2. The lowest BCUT2D eigenvalue weighted by Gasteiger charge is -2.15. The summed E-state index contributed by atoms with van der Waals surface area (Å²) in [5.74, 6) is 0.937. The molecule has 2 rings (SSSR count). The van der Waals surface area contributed by atoms with Crippen molar-refractivity contribution in [3.05, 3.63) is 63.6 Å². The molecule has 0 saturated heterocycles. The maximum atomic E-state index is 12.4. The van der Waals surface area contributed by atoms with E-state index in [4.69, 9.17) is 10.5 Å². The molecular weight excluding hydrogens is 368 g/mol. The van der Waals surface area contributed by atoms with Crippen molar-refractivity contribution in [2.24, 2.45) is 5.73 Å². The van der Waals surface area contributed by atoms with Crippen molar-refractivity contribution < 1.29 is 9.53 Å². The highest BCUT2D eigenvalue weighted by Crippen LogP contribution is 2.22. The Balaban J connectivity index is 2.00. The molecule has 0 radical (unpaired) electrons. The topological polar surface area (TPSA) is 64.3 Å². The number of methoxy groups -OCH3 is 1. The fourth-order valence-corrected chi connectivity index (χ4v) is 2.78. The molecule has 0 fully saturated rings. The molecule has 3 N–H and O–H groups in total. The second-order valence-corrected chi connectivity index (χ2v) is 6.84. The monoisotopic (exact) mass is 390 g/mol. The second kappa shape index (κ2) is 8.31. The molecule has 1 atom stereocenters. The van der Waals surface area contributed by atoms with Crippen LogP contribution in [0, 0.1) is 0 Å². The van der Waals surface area contributed by atoms with Gasteiger partial charge in [-0.05, 0) is 51.2 Å². The smallest absolute Gasteiger partial charge is 0.252 e. The van der Waals surface area contributed by atoms with Crippen LogP contribution in [0.2, 0.25) is 0 Å². The SMILES string of the molecule is COc1ccc(Br)c(C(=O)NCC(N)c2ccc(C(C)C)cc2)c1. The Hall–Kier alpha value is -1.85. The van der Waals surface area contributed by atoms with Gasteiger partial charge in [0.15, 0.2) is 0 Å². The number of nitrogens with one attached hydrogen (secondary N) is 1. The third kappa shape index (κ3) is 4.58. The summed E-state index contributed by atoms with van der Waals surface area (Å²) in [6.07, 6.45) is 0. The quantitative estimate of drug-likeness (QED) is 0.782. The van der Waals surface area contributed by atoms with Crippen molar-refractivity contribution in [1.82, 2.24) is 5.32 Å². The Labute approximate surface area is 151 Å². The van der Waals surface area contributed by atoms with E-state index in [1.165, 1.54) is 5.56 Å². The highest BCUT2D eigenvalue weighted by molar-refractivity contribution is 9.10. The number of hydrogen-bond acceptors (Lipinski definition) is 3. The molecule has 1 unspecified atom stereocenters. The number of amides is 1. The number of nitrogens with two attached hydrogens (primary N) is 1. The van der Waals surface area contributed by atoms with E-state index in [0.717, 1.165) is 10.0 Å². The van der Waals surface area contributed by atoms with E-state index < -0.39 is 0 Å². The fraction of sp³-hybridized carbons (Fsp3) is 0.316. The number of ether oxygens (including phenoxy) is 1. The summed E-state index contributed by atoms with van der Waals surface area (Å²) in [5.41, 5.74) is 8.99. The first kappa shape index (κ1) is 18.5. The van der Waals surface area contributed by atoms with Crippen molar-refractivity contribution in [1.29, 1.82) is 0 Å². The van der Waals surface area contributed by atoms with E-state index in [0.29, 0.717) is 23.8 Å². The van der Waals surface area contributed by atoms with Crippen molar-refractivity contribution in [3.63, 3.8) is 0 Å². The maximum Gasteiger partial charge on any atom is 0.252 e. The average molecular weight is 391 g/mol. The van der Waals surface area contributed by atoms with E-state index in [9.17, 15) is 4.79 Å². The molecule has 0 aliphatic carbocycles. The summed E-state index contributed by atoms with van der Waals surface area (Å²) in [6.45, 7) is 4.67. The van der Waals surface area contributed by atoms with Gasteiger partial charge in [0.25, 0.3) is 5.91 Å². The van der Waals surface area contributed by atoms with Gasteiger partial charge in [-0.1, -0.05) is 38.1 Å². The molecule has 0 saturated carbocycles. The van der Waals surface area contributed by atoms with Gasteiger partial charge in [-0.25, -0.2) is 0 Å². The largest absolute Gasteiger partial charge is 0.497 e. The minimum Gasteiger partial charge on any atom is -0.497 e. The van der Waals surface area contributed by atoms with Gasteiger partial charge >= 0.3 is 0 Å². The minimum absolute atomic E-state index is 0.185. The molecule has 128 valence electrons. The highest BCUT2D eigenvalue weighted by Gasteiger charge is 2.13. The predicted octanol–water partition coefficient (Wildman–Crippen LogP) is 4.01. The van der Waals surface area contributed by atoms with Crippen LogP contribution in [0.15, 0.2) is 46.9 Å². The lowest BCUT2D eigenvalue weighted by atomic mass is 9.99. The van der Waals surface area contributed by atoms with Crippen molar-refractivity contribution in [2.75, 3.05) is 13.7 Å². The number of halogens is 1. The van der Waals surface area contributed by atoms with Gasteiger partial charge in [0.05, 0.1) is 12.7 Å². The molecule has 24 heavy (non-hydrogen) atoms. The van der Waals surface area contributed by atoms with Crippen LogP contribution in [0.1, 0.15) is 47.3 Å². The first-order valence-corrected chi connectivity index (χ1v) is 8.69. The van der Waals surface area contributed by atoms with Gasteiger partial charge in [0.1, 0.15) is 5.75 Å². The Bertz CT molecular complexity index is 699. The minimum atomic E-state index is -0.250. The van der Waals surface area contributed by atoms with Crippen LogP contribution in [0.5, 0.6) is 5.75 Å². The summed E-state index contributed by atoms with van der Waals surface area (Å²) in [5, 5.41) is 2.88. The summed E-state index contributed by atoms with van der Waals surface area (Å²) in [4.78, 5) is 12.4. The molecule has 2 aromatic carbocycles. The molecule has 0 bridgehead atoms. The van der Waals surface area contributed by atoms with Gasteiger partial charge in [0.2, 0.25) is 0 Å². The van der Waals surface area contributed by atoms with Crippen LogP contribution in [0.4, 0.5) is 0 Å². The molecule has 1 amide bonds. The average Bonchev–Trinajstić information content (AvgIpc) is 2.59. The lowest BCUT2D eigenvalue weighted by molar-refractivity contribution is 0.0950. The molecule has 4 nitrogen and oxygen atoms in total. The van der Waals surface area contributed by atoms with Crippen molar-refractivity contribution >= 4 is 21.8 Å². The Kier molecular flexibility index (Phi) is 6.40. The van der Waals surface area contributed by atoms with E-state index >= 15 is 0 Å². The summed E-state index contributed by atoms with van der Waals surface area (Å²) in [7, 11) is 1.57. The fourth-order valence-electron chi connectivity index (χ4n) is 2.35. The van der Waals surface area contributed by atoms with E-state index in [-0.39, 0.29) is 11.9 Å². The van der Waals surface area contributed by atoms with Gasteiger partial charge in [0, 0.05) is 17.1 Å². The van der Waals surface area contributed by atoms with Crippen LogP contribution in [-0.4, -0.2) is 19.6 Å². The standard InChI is InChI=1S/C19H23BrN2O2/c1-12(2)13-4-6-14(7-5-13)18(21)11-22-19(23)16-10-15(24-3)8-9-17(16)20/h4-10,12,18H,11,21H2,1-3H3,(H,22,23). The zero-order valence-corrected chi connectivity index (χ0v) is 15.8. The number of hydrogen-bond donors (Lipinski definition) is 2. The third-order valence-electron chi connectivity index (χ3n) is 3.93. The molecule has 5 heteroatoms. The van der Waals surface area contributed by atoms with Gasteiger partial charge in [-0.3, -0.25) is 4.79 Å². The zero-order chi connectivity index (χ0) is 17.7. The summed E-state index contributed by atoms with van der Waals surface area (Å²) >= 11 is 3.39. The molecule has 0 aliphatic heterocycles. The first-order chi connectivity index (χ1) is 11.4. The highest BCUT2D eigenvalue weighted by atomic mass is 79.9. The molecule has 0 spiro atoms. The normalized spacial score (nSPS) is 12.1. The van der Waals surface area contributed by atoms with Gasteiger partial charge < -0.3 is 15.8 Å². The Morgan fingerprint density at radius 2 is 1.79 bits per heavy atom. The first-order valence-electron chi connectivity index (χ1n) is 7.89. The van der Waals surface area contributed by atoms with Crippen LogP contribution < -0.4 is 15.8 Å². The van der Waals surface area contributed by atoms with Gasteiger partial charge in [-0.15, -0.1) is 0 Å². The van der Waals surface area contributed by atoms with E-state index in [1.807, 2.05) is 12.1 Å². The molecule has 0 heterocycles. The van der Waals surface area contributed by atoms with Gasteiger partial charge in [-0.2, -0.15) is 0 Å². The number of carbonyl (C=O) groups excluding carboxylic acids is 1. The van der Waals surface area contributed by atoms with E-state index in [1.54, 1.807) is 25.3 Å². The summed E-state index contributed by atoms with van der Waals surface area (Å²) in [6, 6.07) is 13.2. The number of carbonyl (C=O) groups is 1. The third-order valence-corrected chi connectivity index (χ3v) is 4.62. The second-order valence-electron chi connectivity index (χ2n) is 5.98. The van der Waals surface area contributed by atoms with Crippen LogP contribution in [0.25, 0.3) is 0 Å². The molecule has 0 aliphatic rings. The van der Waals surface area contributed by atoms with Crippen LogP contribution >= 0.6 is 15.9 Å². The molecule has 0 aromatic heterocycles. The Morgan fingerprint density at radius 1 is 1.17 bits per heavy atom. The Morgan fingerprint density at radius 3 is 2.38 bits per heavy atom. The zero-order valence-electron chi connectivity index (χ0n) is 14.2. The maximum absolute atomic E-state index is 12.4. The van der Waals surface area contributed by atoms with E-state index in [2.05, 4.69) is 47.2 Å². The van der Waals surface area contributed by atoms with Crippen molar-refractivity contribution in [3.8, 4) is 5.75 Å².